The Kier molecular flexibility index (Phi) is 3.57. The molecule has 0 aliphatic carbocycles. The average molecular weight is 281 g/mol. The summed E-state index contributed by atoms with van der Waals surface area (Å²) in [6, 6.07) is 0.712. The number of benzene rings is 1. The van der Waals surface area contributed by atoms with Gasteiger partial charge in [0.2, 0.25) is 5.43 Å². The zero-order valence-electron chi connectivity index (χ0n) is 11.0. The topological polar surface area (TPSA) is 59.3 Å². The van der Waals surface area contributed by atoms with Crippen LogP contribution < -0.4 is 5.43 Å². The Bertz CT molecular complexity index is 765. The Hall–Kier alpha value is -2.24. The number of carboxylic acids is 1. The number of carbonyl (C=O) groups is 1. The van der Waals surface area contributed by atoms with Gasteiger partial charge in [0, 0.05) is 18.8 Å². The van der Waals surface area contributed by atoms with E-state index in [-0.39, 0.29) is 16.5 Å². The van der Waals surface area contributed by atoms with E-state index in [0.717, 1.165) is 6.20 Å². The van der Waals surface area contributed by atoms with Crippen molar-refractivity contribution in [3.05, 3.63) is 45.2 Å². The highest BCUT2D eigenvalue weighted by Gasteiger charge is 2.20. The summed E-state index contributed by atoms with van der Waals surface area (Å²) in [5.74, 6) is -3.14. The lowest BCUT2D eigenvalue weighted by Crippen LogP contribution is -2.21. The van der Waals surface area contributed by atoms with Crippen molar-refractivity contribution in [3.8, 4) is 0 Å². The van der Waals surface area contributed by atoms with E-state index in [1.165, 1.54) is 11.5 Å². The number of aryl methyl sites for hydroxylation is 2. The van der Waals surface area contributed by atoms with Gasteiger partial charge in [-0.1, -0.05) is 6.92 Å². The van der Waals surface area contributed by atoms with Crippen LogP contribution in [0.2, 0.25) is 0 Å². The first-order valence-electron chi connectivity index (χ1n) is 6.13. The van der Waals surface area contributed by atoms with Crippen molar-refractivity contribution in [2.75, 3.05) is 0 Å². The van der Waals surface area contributed by atoms with Crippen LogP contribution >= 0.6 is 0 Å². The lowest BCUT2D eigenvalue weighted by Gasteiger charge is -2.14. The Labute approximate surface area is 113 Å². The van der Waals surface area contributed by atoms with Crippen LogP contribution in [0.15, 0.2) is 17.1 Å². The molecule has 0 unspecified atom stereocenters. The molecule has 0 aliphatic rings. The molecule has 6 heteroatoms. The maximum atomic E-state index is 14.0. The van der Waals surface area contributed by atoms with Gasteiger partial charge >= 0.3 is 5.97 Å². The van der Waals surface area contributed by atoms with Gasteiger partial charge in [-0.15, -0.1) is 0 Å². The zero-order valence-corrected chi connectivity index (χ0v) is 11.0. The van der Waals surface area contributed by atoms with Crippen molar-refractivity contribution >= 4 is 16.9 Å². The van der Waals surface area contributed by atoms with Gasteiger partial charge in [0.25, 0.3) is 0 Å². The number of carboxylic acid groups (broad SMARTS) is 1. The fraction of sp³-hybridized carbons (Fsp3) is 0.286. The van der Waals surface area contributed by atoms with Gasteiger partial charge in [0.05, 0.1) is 10.9 Å². The van der Waals surface area contributed by atoms with E-state index in [2.05, 4.69) is 0 Å². The molecule has 20 heavy (non-hydrogen) atoms. The molecule has 1 N–H and O–H groups in total. The van der Waals surface area contributed by atoms with Crippen molar-refractivity contribution in [1.29, 1.82) is 0 Å². The summed E-state index contributed by atoms with van der Waals surface area (Å²) in [7, 11) is 0. The first-order valence-corrected chi connectivity index (χ1v) is 6.13. The minimum Gasteiger partial charge on any atom is -0.477 e. The van der Waals surface area contributed by atoms with E-state index in [1.54, 1.807) is 0 Å². The summed E-state index contributed by atoms with van der Waals surface area (Å²) in [5, 5.41) is 8.83. The number of pyridine rings is 1. The minimum atomic E-state index is -1.41. The maximum absolute atomic E-state index is 14.0. The highest BCUT2D eigenvalue weighted by atomic mass is 19.1. The lowest BCUT2D eigenvalue weighted by molar-refractivity contribution is 0.0694. The summed E-state index contributed by atoms with van der Waals surface area (Å²) in [5.41, 5.74) is -1.45. The van der Waals surface area contributed by atoms with Gasteiger partial charge in [-0.2, -0.15) is 0 Å². The third-order valence-corrected chi connectivity index (χ3v) is 3.19. The minimum absolute atomic E-state index is 0.0423. The molecule has 0 fully saturated rings. The standard InChI is InChI=1S/C14H13F2NO3/c1-3-4-17-6-8(14(19)20)13(18)11-7(2)9(15)5-10(16)12(11)17/h5-6H,3-4H2,1-2H3,(H,19,20). The maximum Gasteiger partial charge on any atom is 0.341 e. The molecule has 0 radical (unpaired) electrons. The normalized spacial score (nSPS) is 11.0. The van der Waals surface area contributed by atoms with Crippen LogP contribution in [0.4, 0.5) is 8.78 Å². The molecule has 0 aliphatic heterocycles. The molecule has 1 aromatic carbocycles. The fourth-order valence-corrected chi connectivity index (χ4v) is 2.25. The quantitative estimate of drug-likeness (QED) is 0.941. The van der Waals surface area contributed by atoms with Crippen molar-refractivity contribution in [2.45, 2.75) is 26.8 Å². The Morgan fingerprint density at radius 2 is 2.00 bits per heavy atom. The van der Waals surface area contributed by atoms with Gasteiger partial charge in [-0.25, -0.2) is 13.6 Å². The molecule has 106 valence electrons. The first-order chi connectivity index (χ1) is 9.38. The molecule has 2 aromatic rings. The van der Waals surface area contributed by atoms with Crippen molar-refractivity contribution < 1.29 is 18.7 Å². The Morgan fingerprint density at radius 3 is 2.55 bits per heavy atom. The van der Waals surface area contributed by atoms with Crippen LogP contribution in [-0.2, 0) is 6.54 Å². The molecule has 0 saturated carbocycles. The number of aromatic carboxylic acids is 1. The third kappa shape index (κ3) is 2.07. The van der Waals surface area contributed by atoms with Crippen molar-refractivity contribution in [3.63, 3.8) is 0 Å². The van der Waals surface area contributed by atoms with Crippen LogP contribution in [-0.4, -0.2) is 15.6 Å². The molecule has 1 aromatic heterocycles. The number of aromatic nitrogens is 1. The SMILES string of the molecule is CCCn1cc(C(=O)O)c(=O)c2c(C)c(F)cc(F)c21. The van der Waals surface area contributed by atoms with E-state index < -0.39 is 28.6 Å². The first kappa shape index (κ1) is 14.2. The van der Waals surface area contributed by atoms with Crippen LogP contribution in [0.25, 0.3) is 10.9 Å². The smallest absolute Gasteiger partial charge is 0.341 e. The summed E-state index contributed by atoms with van der Waals surface area (Å²) in [6.07, 6.45) is 1.73. The number of nitrogens with zero attached hydrogens (tertiary/aromatic N) is 1. The molecule has 0 saturated heterocycles. The molecule has 4 nitrogen and oxygen atoms in total. The Morgan fingerprint density at radius 1 is 1.35 bits per heavy atom. The largest absolute Gasteiger partial charge is 0.477 e. The van der Waals surface area contributed by atoms with Gasteiger partial charge in [-0.3, -0.25) is 4.79 Å². The van der Waals surface area contributed by atoms with Gasteiger partial charge < -0.3 is 9.67 Å². The zero-order chi connectivity index (χ0) is 15.0. The second-order valence-electron chi connectivity index (χ2n) is 4.56. The van der Waals surface area contributed by atoms with E-state index >= 15 is 0 Å². The van der Waals surface area contributed by atoms with E-state index in [0.29, 0.717) is 19.0 Å². The molecule has 0 bridgehead atoms. The van der Waals surface area contributed by atoms with Crippen molar-refractivity contribution in [1.82, 2.24) is 4.57 Å². The fourth-order valence-electron chi connectivity index (χ4n) is 2.25. The Balaban J connectivity index is 3.06. The van der Waals surface area contributed by atoms with Crippen LogP contribution in [0.3, 0.4) is 0 Å². The molecule has 2 rings (SSSR count). The van der Waals surface area contributed by atoms with Crippen LogP contribution in [0.1, 0.15) is 29.3 Å². The molecule has 0 amide bonds. The molecule has 1 heterocycles. The van der Waals surface area contributed by atoms with Crippen molar-refractivity contribution in [2.24, 2.45) is 0 Å². The van der Waals surface area contributed by atoms with E-state index in [4.69, 9.17) is 5.11 Å². The summed E-state index contributed by atoms with van der Waals surface area (Å²) in [4.78, 5) is 23.2. The van der Waals surface area contributed by atoms with Gasteiger partial charge in [-0.05, 0) is 18.9 Å². The predicted octanol–water partition coefficient (Wildman–Crippen LogP) is 2.70. The lowest BCUT2D eigenvalue weighted by atomic mass is 10.0. The number of fused-ring (bicyclic) bond motifs is 1. The number of halogens is 2. The van der Waals surface area contributed by atoms with Crippen LogP contribution in [0.5, 0.6) is 0 Å². The number of hydrogen-bond donors (Lipinski definition) is 1. The highest BCUT2D eigenvalue weighted by molar-refractivity contribution is 5.93. The molecular weight excluding hydrogens is 268 g/mol. The second kappa shape index (κ2) is 5.03. The third-order valence-electron chi connectivity index (χ3n) is 3.19. The monoisotopic (exact) mass is 281 g/mol. The van der Waals surface area contributed by atoms with Gasteiger partial charge in [0.1, 0.15) is 11.4 Å². The predicted molar refractivity (Wildman–Crippen MR) is 70.1 cm³/mol. The van der Waals surface area contributed by atoms with Gasteiger partial charge in [0.15, 0.2) is 5.82 Å². The summed E-state index contributed by atoms with van der Waals surface area (Å²) in [6.45, 7) is 3.50. The molecule has 0 spiro atoms. The number of rotatable bonds is 3. The second-order valence-corrected chi connectivity index (χ2v) is 4.56. The molecule has 0 atom stereocenters. The van der Waals surface area contributed by atoms with E-state index in [1.807, 2.05) is 6.92 Å². The summed E-state index contributed by atoms with van der Waals surface area (Å²) < 4.78 is 28.9. The highest BCUT2D eigenvalue weighted by Crippen LogP contribution is 2.22. The summed E-state index contributed by atoms with van der Waals surface area (Å²) >= 11 is 0. The number of hydrogen-bond acceptors (Lipinski definition) is 2. The average Bonchev–Trinajstić information content (AvgIpc) is 2.37. The van der Waals surface area contributed by atoms with E-state index in [9.17, 15) is 18.4 Å². The van der Waals surface area contributed by atoms with Crippen LogP contribution in [0, 0.1) is 18.6 Å². The molecular formula is C14H13F2NO3.